The zero-order valence-electron chi connectivity index (χ0n) is 12.9. The van der Waals surface area contributed by atoms with Gasteiger partial charge in [-0.1, -0.05) is 6.42 Å². The number of nitrogens with one attached hydrogen (secondary N) is 1. The van der Waals surface area contributed by atoms with Crippen LogP contribution in [0.3, 0.4) is 0 Å². The number of aromatic nitrogens is 2. The van der Waals surface area contributed by atoms with Gasteiger partial charge in [-0.15, -0.1) is 0 Å². The largest absolute Gasteiger partial charge is 0.359 e. The number of amides is 1. The zero-order chi connectivity index (χ0) is 14.9. The zero-order valence-corrected chi connectivity index (χ0v) is 12.9. The third-order valence-electron chi connectivity index (χ3n) is 5.17. The van der Waals surface area contributed by atoms with E-state index in [1.165, 1.54) is 12.8 Å². The Bertz CT molecular complexity index is 516. The molecule has 1 saturated carbocycles. The molecule has 114 valence electrons. The van der Waals surface area contributed by atoms with Gasteiger partial charge in [0.2, 0.25) is 5.91 Å². The van der Waals surface area contributed by atoms with Gasteiger partial charge in [0, 0.05) is 44.0 Å². The predicted octanol–water partition coefficient (Wildman–Crippen LogP) is 1.52. The van der Waals surface area contributed by atoms with Gasteiger partial charge < -0.3 is 5.32 Å². The molecule has 1 spiro atoms. The highest BCUT2D eigenvalue weighted by Gasteiger charge is 2.49. The average molecular weight is 288 g/mol. The minimum atomic E-state index is 0.196. The van der Waals surface area contributed by atoms with Crippen molar-refractivity contribution in [2.24, 2.45) is 11.3 Å². The Kier molecular flexibility index (Phi) is 3.93. The van der Waals surface area contributed by atoms with Crippen molar-refractivity contribution >= 4 is 5.91 Å². The van der Waals surface area contributed by atoms with E-state index in [0.717, 1.165) is 43.9 Å². The number of likely N-dealkylation sites (tertiary alicyclic amines) is 1. The molecule has 3 rings (SSSR count). The molecule has 1 aromatic rings. The first-order valence-corrected chi connectivity index (χ1v) is 7.84. The Hall–Kier alpha value is -1.49. The molecule has 5 nitrogen and oxygen atoms in total. The molecule has 1 N–H and O–H groups in total. The molecule has 0 radical (unpaired) electrons. The number of carbonyl (C=O) groups is 1. The molecule has 2 atom stereocenters. The fraction of sp³-hybridized carbons (Fsp3) is 0.688. The van der Waals surface area contributed by atoms with Gasteiger partial charge in [-0.2, -0.15) is 0 Å². The van der Waals surface area contributed by atoms with Crippen molar-refractivity contribution in [2.45, 2.75) is 39.2 Å². The summed E-state index contributed by atoms with van der Waals surface area (Å²) in [5.74, 6) is 1.24. The smallest absolute Gasteiger partial charge is 0.223 e. The summed E-state index contributed by atoms with van der Waals surface area (Å²) < 4.78 is 0. The van der Waals surface area contributed by atoms with E-state index in [2.05, 4.69) is 20.2 Å². The number of hydrogen-bond acceptors (Lipinski definition) is 4. The minimum absolute atomic E-state index is 0.196. The molecule has 2 heterocycles. The van der Waals surface area contributed by atoms with E-state index in [4.69, 9.17) is 0 Å². The van der Waals surface area contributed by atoms with E-state index >= 15 is 0 Å². The summed E-state index contributed by atoms with van der Waals surface area (Å²) in [4.78, 5) is 23.1. The normalized spacial score (nSPS) is 29.1. The number of hydrogen-bond donors (Lipinski definition) is 1. The van der Waals surface area contributed by atoms with Crippen LogP contribution < -0.4 is 5.32 Å². The highest BCUT2D eigenvalue weighted by atomic mass is 16.1. The van der Waals surface area contributed by atoms with Gasteiger partial charge in [0.25, 0.3) is 0 Å². The summed E-state index contributed by atoms with van der Waals surface area (Å²) >= 11 is 0. The summed E-state index contributed by atoms with van der Waals surface area (Å²) in [6.07, 6.45) is 8.38. The van der Waals surface area contributed by atoms with Gasteiger partial charge >= 0.3 is 0 Å². The lowest BCUT2D eigenvalue weighted by molar-refractivity contribution is -0.127. The van der Waals surface area contributed by atoms with Gasteiger partial charge in [0.1, 0.15) is 5.82 Å². The molecule has 1 amide bonds. The second-order valence-corrected chi connectivity index (χ2v) is 6.52. The van der Waals surface area contributed by atoms with Crippen LogP contribution in [0.25, 0.3) is 0 Å². The van der Waals surface area contributed by atoms with Crippen LogP contribution >= 0.6 is 0 Å². The van der Waals surface area contributed by atoms with E-state index in [9.17, 15) is 4.79 Å². The van der Waals surface area contributed by atoms with Gasteiger partial charge in [0.15, 0.2) is 0 Å². The molecule has 0 unspecified atom stereocenters. The van der Waals surface area contributed by atoms with Crippen molar-refractivity contribution in [3.8, 4) is 0 Å². The molecule has 2 aliphatic rings. The van der Waals surface area contributed by atoms with Crippen LogP contribution in [-0.2, 0) is 11.3 Å². The molecule has 21 heavy (non-hydrogen) atoms. The molecule has 0 aromatic carbocycles. The molecule has 1 saturated heterocycles. The SMILES string of the molecule is CNC(=O)[C@H]1CCC[C@@]12CCN(Cc1cnc(C)nc1)C2. The number of rotatable bonds is 3. The van der Waals surface area contributed by atoms with E-state index in [0.29, 0.717) is 0 Å². The first kappa shape index (κ1) is 14.4. The monoisotopic (exact) mass is 288 g/mol. The maximum atomic E-state index is 12.1. The third-order valence-corrected chi connectivity index (χ3v) is 5.17. The second kappa shape index (κ2) is 5.72. The van der Waals surface area contributed by atoms with Crippen LogP contribution in [0, 0.1) is 18.3 Å². The van der Waals surface area contributed by atoms with E-state index in [1.54, 1.807) is 7.05 Å². The quantitative estimate of drug-likeness (QED) is 0.916. The Balaban J connectivity index is 1.67. The lowest BCUT2D eigenvalue weighted by atomic mass is 9.76. The van der Waals surface area contributed by atoms with Crippen molar-refractivity contribution in [3.05, 3.63) is 23.8 Å². The van der Waals surface area contributed by atoms with Gasteiger partial charge in [-0.25, -0.2) is 9.97 Å². The van der Waals surface area contributed by atoms with E-state index in [1.807, 2.05) is 19.3 Å². The van der Waals surface area contributed by atoms with Crippen molar-refractivity contribution < 1.29 is 4.79 Å². The Labute approximate surface area is 126 Å². The Morgan fingerprint density at radius 3 is 2.90 bits per heavy atom. The summed E-state index contributed by atoms with van der Waals surface area (Å²) in [5.41, 5.74) is 1.36. The summed E-state index contributed by atoms with van der Waals surface area (Å²) in [7, 11) is 1.75. The predicted molar refractivity (Wildman–Crippen MR) is 80.5 cm³/mol. The third kappa shape index (κ3) is 2.79. The van der Waals surface area contributed by atoms with Crippen LogP contribution in [0.1, 0.15) is 37.1 Å². The average Bonchev–Trinajstić information content (AvgIpc) is 3.08. The van der Waals surface area contributed by atoms with Gasteiger partial charge in [0.05, 0.1) is 0 Å². The highest BCUT2D eigenvalue weighted by molar-refractivity contribution is 5.79. The van der Waals surface area contributed by atoms with E-state index in [-0.39, 0.29) is 17.2 Å². The molecular formula is C16H24N4O. The number of carbonyl (C=O) groups excluding carboxylic acids is 1. The maximum Gasteiger partial charge on any atom is 0.223 e. The fourth-order valence-corrected chi connectivity index (χ4v) is 4.09. The fourth-order valence-electron chi connectivity index (χ4n) is 4.09. The number of nitrogens with zero attached hydrogens (tertiary/aromatic N) is 3. The first-order valence-electron chi connectivity index (χ1n) is 7.84. The van der Waals surface area contributed by atoms with Crippen molar-refractivity contribution in [1.82, 2.24) is 20.2 Å². The summed E-state index contributed by atoms with van der Waals surface area (Å²) in [6, 6.07) is 0. The van der Waals surface area contributed by atoms with Crippen LogP contribution in [0.4, 0.5) is 0 Å². The molecular weight excluding hydrogens is 264 g/mol. The topological polar surface area (TPSA) is 58.1 Å². The van der Waals surface area contributed by atoms with Crippen molar-refractivity contribution in [3.63, 3.8) is 0 Å². The van der Waals surface area contributed by atoms with Crippen LogP contribution in [0.15, 0.2) is 12.4 Å². The summed E-state index contributed by atoms with van der Waals surface area (Å²) in [6.45, 7) is 4.89. The standard InChI is InChI=1S/C16H24N4O/c1-12-18-8-13(9-19-12)10-20-7-6-16(11-20)5-3-4-14(16)15(21)17-2/h8-9,14H,3-7,10-11H2,1-2H3,(H,17,21)/t14-,16+/m1/s1. The van der Waals surface area contributed by atoms with Crippen molar-refractivity contribution in [2.75, 3.05) is 20.1 Å². The minimum Gasteiger partial charge on any atom is -0.359 e. The second-order valence-electron chi connectivity index (χ2n) is 6.52. The maximum absolute atomic E-state index is 12.1. The Morgan fingerprint density at radius 1 is 1.43 bits per heavy atom. The van der Waals surface area contributed by atoms with Gasteiger partial charge in [-0.3, -0.25) is 9.69 Å². The first-order chi connectivity index (χ1) is 10.1. The molecule has 5 heteroatoms. The van der Waals surface area contributed by atoms with Crippen LogP contribution in [0.5, 0.6) is 0 Å². The van der Waals surface area contributed by atoms with E-state index < -0.39 is 0 Å². The Morgan fingerprint density at radius 2 is 2.19 bits per heavy atom. The molecule has 1 aliphatic heterocycles. The number of aryl methyl sites for hydroxylation is 1. The summed E-state index contributed by atoms with van der Waals surface area (Å²) in [5, 5.41) is 2.85. The molecule has 0 bridgehead atoms. The molecule has 1 aromatic heterocycles. The highest BCUT2D eigenvalue weighted by Crippen LogP contribution is 2.49. The molecule has 1 aliphatic carbocycles. The van der Waals surface area contributed by atoms with Crippen LogP contribution in [0.2, 0.25) is 0 Å². The van der Waals surface area contributed by atoms with Crippen LogP contribution in [-0.4, -0.2) is 40.9 Å². The lowest BCUT2D eigenvalue weighted by Crippen LogP contribution is -2.39. The van der Waals surface area contributed by atoms with Crippen molar-refractivity contribution in [1.29, 1.82) is 0 Å². The lowest BCUT2D eigenvalue weighted by Gasteiger charge is -2.30. The van der Waals surface area contributed by atoms with Gasteiger partial charge in [-0.05, 0) is 38.1 Å². The molecule has 2 fully saturated rings.